The van der Waals surface area contributed by atoms with Crippen LogP contribution in [0.3, 0.4) is 0 Å². The van der Waals surface area contributed by atoms with Gasteiger partial charge in [0.15, 0.2) is 0 Å². The number of thiophene rings is 1. The van der Waals surface area contributed by atoms with E-state index in [4.69, 9.17) is 5.73 Å². The van der Waals surface area contributed by atoms with E-state index in [9.17, 15) is 4.39 Å². The van der Waals surface area contributed by atoms with E-state index >= 15 is 0 Å². The Kier molecular flexibility index (Phi) is 4.41. The zero-order valence-corrected chi connectivity index (χ0v) is 14.0. The van der Waals surface area contributed by atoms with Gasteiger partial charge in [0.1, 0.15) is 5.82 Å². The molecule has 1 atom stereocenters. The summed E-state index contributed by atoms with van der Waals surface area (Å²) in [5.41, 5.74) is 7.03. The molecule has 2 rings (SSSR count). The number of hydrogen-bond acceptors (Lipinski definition) is 2. The van der Waals surface area contributed by atoms with Crippen molar-refractivity contribution in [1.82, 2.24) is 0 Å². The highest BCUT2D eigenvalue weighted by Gasteiger charge is 2.16. The molecule has 0 radical (unpaired) electrons. The Hall–Kier alpha value is 0.250. The Bertz CT molecular complexity index is 536. The van der Waals surface area contributed by atoms with Crippen LogP contribution in [0.2, 0.25) is 0 Å². The Morgan fingerprint density at radius 1 is 1.12 bits per heavy atom. The average molecular weight is 444 g/mol. The van der Waals surface area contributed by atoms with Gasteiger partial charge in [0, 0.05) is 13.8 Å². The van der Waals surface area contributed by atoms with Gasteiger partial charge >= 0.3 is 0 Å². The third-order valence-electron chi connectivity index (χ3n) is 2.27. The van der Waals surface area contributed by atoms with Crippen molar-refractivity contribution >= 4 is 59.1 Å². The fourth-order valence-electron chi connectivity index (χ4n) is 1.42. The normalized spacial score (nSPS) is 12.8. The van der Waals surface area contributed by atoms with E-state index < -0.39 is 0 Å². The maximum Gasteiger partial charge on any atom is 0.124 e. The molecule has 0 saturated carbocycles. The van der Waals surface area contributed by atoms with E-state index in [-0.39, 0.29) is 11.9 Å². The number of benzene rings is 1. The van der Waals surface area contributed by atoms with Crippen molar-refractivity contribution in [2.45, 2.75) is 6.04 Å². The molecular weight excluding hydrogens is 437 g/mol. The lowest BCUT2D eigenvalue weighted by Crippen LogP contribution is -2.10. The second kappa shape index (κ2) is 5.48. The van der Waals surface area contributed by atoms with Crippen molar-refractivity contribution in [3.8, 4) is 0 Å². The lowest BCUT2D eigenvalue weighted by atomic mass is 10.1. The Labute approximate surface area is 128 Å². The van der Waals surface area contributed by atoms with Gasteiger partial charge in [0.25, 0.3) is 0 Å². The van der Waals surface area contributed by atoms with Gasteiger partial charge in [-0.05, 0) is 55.6 Å². The molecule has 2 aromatic rings. The highest BCUT2D eigenvalue weighted by Crippen LogP contribution is 2.38. The number of hydrogen-bond donors (Lipinski definition) is 1. The summed E-state index contributed by atoms with van der Waals surface area (Å²) in [6, 6.07) is 6.24. The summed E-state index contributed by atoms with van der Waals surface area (Å²) in [6.45, 7) is 0. The second-order valence-corrected chi connectivity index (χ2v) is 7.52. The summed E-state index contributed by atoms with van der Waals surface area (Å²) < 4.78 is 15.7. The second-order valence-electron chi connectivity index (χ2n) is 3.41. The molecule has 0 amide bonds. The molecule has 1 unspecified atom stereocenters. The molecule has 1 nitrogen and oxygen atoms in total. The lowest BCUT2D eigenvalue weighted by Gasteiger charge is -2.12. The summed E-state index contributed by atoms with van der Waals surface area (Å²) in [5.74, 6) is -0.277. The molecule has 1 heterocycles. The van der Waals surface area contributed by atoms with Crippen LogP contribution in [0.15, 0.2) is 37.0 Å². The van der Waals surface area contributed by atoms with Crippen LogP contribution in [0, 0.1) is 5.82 Å². The minimum Gasteiger partial charge on any atom is -0.320 e. The first-order valence-corrected chi connectivity index (χ1v) is 7.84. The molecule has 1 aromatic heterocycles. The Morgan fingerprint density at radius 2 is 1.82 bits per heavy atom. The van der Waals surface area contributed by atoms with Crippen molar-refractivity contribution in [3.05, 3.63) is 53.3 Å². The summed E-state index contributed by atoms with van der Waals surface area (Å²) in [4.78, 5) is 1.01. The maximum absolute atomic E-state index is 13.0. The van der Waals surface area contributed by atoms with Gasteiger partial charge in [-0.3, -0.25) is 0 Å². The molecular formula is C11H7Br3FNS. The molecule has 0 aliphatic carbocycles. The number of nitrogens with two attached hydrogens (primary N) is 1. The minimum atomic E-state index is -0.277. The summed E-state index contributed by atoms with van der Waals surface area (Å²) in [6.07, 6.45) is 0. The van der Waals surface area contributed by atoms with Gasteiger partial charge in [-0.1, -0.05) is 22.0 Å². The topological polar surface area (TPSA) is 26.0 Å². The predicted octanol–water partition coefficient (Wildman–Crippen LogP) is 5.22. The summed E-state index contributed by atoms with van der Waals surface area (Å²) in [7, 11) is 0. The highest BCUT2D eigenvalue weighted by atomic mass is 79.9. The predicted molar refractivity (Wildman–Crippen MR) is 79.8 cm³/mol. The summed E-state index contributed by atoms with van der Waals surface area (Å²) in [5, 5.41) is 0. The van der Waals surface area contributed by atoms with E-state index in [0.29, 0.717) is 4.47 Å². The van der Waals surface area contributed by atoms with Crippen molar-refractivity contribution in [3.63, 3.8) is 0 Å². The smallest absolute Gasteiger partial charge is 0.124 e. The summed E-state index contributed by atoms with van der Waals surface area (Å²) >= 11 is 11.7. The molecule has 0 saturated heterocycles. The molecule has 0 bridgehead atoms. The van der Waals surface area contributed by atoms with Gasteiger partial charge in [-0.15, -0.1) is 11.3 Å². The van der Waals surface area contributed by atoms with E-state index in [2.05, 4.69) is 47.8 Å². The van der Waals surface area contributed by atoms with E-state index in [1.165, 1.54) is 12.1 Å². The van der Waals surface area contributed by atoms with E-state index in [0.717, 1.165) is 18.7 Å². The minimum absolute atomic E-state index is 0.266. The van der Waals surface area contributed by atoms with Gasteiger partial charge in [0.2, 0.25) is 0 Å². The van der Waals surface area contributed by atoms with Crippen LogP contribution < -0.4 is 5.73 Å². The zero-order chi connectivity index (χ0) is 12.6. The molecule has 90 valence electrons. The molecule has 0 aliphatic rings. The Morgan fingerprint density at radius 3 is 2.35 bits per heavy atom. The third-order valence-corrected chi connectivity index (χ3v) is 6.29. The fourth-order valence-corrected chi connectivity index (χ4v) is 4.13. The largest absolute Gasteiger partial charge is 0.320 e. The van der Waals surface area contributed by atoms with Crippen molar-refractivity contribution in [2.24, 2.45) is 5.73 Å². The molecule has 1 aromatic carbocycles. The molecule has 0 aliphatic heterocycles. The van der Waals surface area contributed by atoms with Gasteiger partial charge in [-0.2, -0.15) is 0 Å². The van der Waals surface area contributed by atoms with Crippen LogP contribution in [0.5, 0.6) is 0 Å². The lowest BCUT2D eigenvalue weighted by molar-refractivity contribution is 0.625. The molecule has 17 heavy (non-hydrogen) atoms. The van der Waals surface area contributed by atoms with Crippen LogP contribution in [0.4, 0.5) is 4.39 Å². The van der Waals surface area contributed by atoms with Crippen LogP contribution in [0.1, 0.15) is 16.5 Å². The number of rotatable bonds is 2. The van der Waals surface area contributed by atoms with Crippen LogP contribution >= 0.6 is 59.1 Å². The standard InChI is InChI=1S/C11H7Br3FNS/c12-7-3-5(15)1-2-6(7)10(16)9-4-8(13)11(14)17-9/h1-4,10H,16H2. The quantitative estimate of drug-likeness (QED) is 0.676. The zero-order valence-electron chi connectivity index (χ0n) is 8.38. The highest BCUT2D eigenvalue weighted by molar-refractivity contribution is 9.13. The Balaban J connectivity index is 2.39. The SMILES string of the molecule is NC(c1cc(Br)c(Br)s1)c1ccc(F)cc1Br. The van der Waals surface area contributed by atoms with E-state index in [1.807, 2.05) is 6.07 Å². The third kappa shape index (κ3) is 2.98. The first-order chi connectivity index (χ1) is 7.99. The van der Waals surface area contributed by atoms with Crippen LogP contribution in [-0.4, -0.2) is 0 Å². The van der Waals surface area contributed by atoms with Crippen molar-refractivity contribution < 1.29 is 4.39 Å². The maximum atomic E-state index is 13.0. The molecule has 2 N–H and O–H groups in total. The monoisotopic (exact) mass is 441 g/mol. The fraction of sp³-hybridized carbons (Fsp3) is 0.0909. The van der Waals surface area contributed by atoms with Gasteiger partial charge < -0.3 is 5.73 Å². The van der Waals surface area contributed by atoms with Crippen LogP contribution in [0.25, 0.3) is 0 Å². The molecule has 6 heteroatoms. The van der Waals surface area contributed by atoms with Crippen LogP contribution in [-0.2, 0) is 0 Å². The van der Waals surface area contributed by atoms with Gasteiger partial charge in [-0.25, -0.2) is 4.39 Å². The van der Waals surface area contributed by atoms with Crippen molar-refractivity contribution in [2.75, 3.05) is 0 Å². The molecule has 0 spiro atoms. The first-order valence-electron chi connectivity index (χ1n) is 4.64. The molecule has 0 fully saturated rings. The van der Waals surface area contributed by atoms with E-state index in [1.54, 1.807) is 17.4 Å². The first kappa shape index (κ1) is 13.7. The number of halogens is 4. The average Bonchev–Trinajstić information content (AvgIpc) is 2.58. The van der Waals surface area contributed by atoms with Crippen molar-refractivity contribution in [1.29, 1.82) is 0 Å². The van der Waals surface area contributed by atoms with Gasteiger partial charge in [0.05, 0.1) is 9.83 Å².